The van der Waals surface area contributed by atoms with Crippen LogP contribution in [0.5, 0.6) is 5.75 Å². The molecule has 1 aliphatic rings. The zero-order chi connectivity index (χ0) is 14.2. The Balaban J connectivity index is 1.73. The van der Waals surface area contributed by atoms with Crippen LogP contribution in [0.4, 0.5) is 4.79 Å². The number of ether oxygens (including phenoxy) is 1. The van der Waals surface area contributed by atoms with Gasteiger partial charge in [-0.15, -0.1) is 0 Å². The smallest absolute Gasteiger partial charge is 0.317 e. The highest BCUT2D eigenvalue weighted by molar-refractivity contribution is 5.76. The molecule has 110 valence electrons. The van der Waals surface area contributed by atoms with Crippen LogP contribution < -0.4 is 10.1 Å². The van der Waals surface area contributed by atoms with E-state index in [1.54, 1.807) is 0 Å². The van der Waals surface area contributed by atoms with Crippen LogP contribution in [0.15, 0.2) is 24.3 Å². The molecule has 1 aliphatic heterocycles. The fourth-order valence-corrected chi connectivity index (χ4v) is 2.29. The maximum Gasteiger partial charge on any atom is 0.317 e. The minimum atomic E-state index is 0.0289. The molecule has 1 heterocycles. The molecule has 0 spiro atoms. The number of hydrogen-bond acceptors (Lipinski definition) is 2. The van der Waals surface area contributed by atoms with E-state index in [-0.39, 0.29) is 6.03 Å². The van der Waals surface area contributed by atoms with Gasteiger partial charge in [0.05, 0.1) is 6.61 Å². The predicted octanol–water partition coefficient (Wildman–Crippen LogP) is 3.17. The van der Waals surface area contributed by atoms with Gasteiger partial charge in [0.1, 0.15) is 5.75 Å². The van der Waals surface area contributed by atoms with E-state index in [4.69, 9.17) is 4.74 Å². The fourth-order valence-electron chi connectivity index (χ4n) is 2.29. The number of nitrogens with one attached hydrogen (secondary N) is 1. The van der Waals surface area contributed by atoms with Crippen LogP contribution in [0.2, 0.25) is 0 Å². The number of unbranched alkanes of at least 4 members (excludes halogenated alkanes) is 3. The Labute approximate surface area is 121 Å². The number of urea groups is 1. The lowest BCUT2D eigenvalue weighted by Gasteiger charge is -2.14. The minimum absolute atomic E-state index is 0.0289. The zero-order valence-corrected chi connectivity index (χ0v) is 12.2. The first-order valence-electron chi connectivity index (χ1n) is 7.54. The second kappa shape index (κ2) is 7.78. The second-order valence-electron chi connectivity index (χ2n) is 5.21. The first-order valence-corrected chi connectivity index (χ1v) is 7.54. The maximum absolute atomic E-state index is 11.5. The van der Waals surface area contributed by atoms with Crippen LogP contribution in [0.25, 0.3) is 0 Å². The molecule has 20 heavy (non-hydrogen) atoms. The first kappa shape index (κ1) is 14.7. The van der Waals surface area contributed by atoms with E-state index in [2.05, 4.69) is 12.2 Å². The molecule has 1 aromatic carbocycles. The van der Waals surface area contributed by atoms with E-state index in [1.165, 1.54) is 19.3 Å². The summed E-state index contributed by atoms with van der Waals surface area (Å²) in [6, 6.07) is 8.08. The summed E-state index contributed by atoms with van der Waals surface area (Å²) in [4.78, 5) is 13.3. The largest absolute Gasteiger partial charge is 0.494 e. The summed E-state index contributed by atoms with van der Waals surface area (Å²) in [5.41, 5.74) is 1.14. The van der Waals surface area contributed by atoms with Crippen molar-refractivity contribution in [3.63, 3.8) is 0 Å². The molecule has 1 saturated heterocycles. The van der Waals surface area contributed by atoms with Crippen molar-refractivity contribution < 1.29 is 9.53 Å². The van der Waals surface area contributed by atoms with Crippen molar-refractivity contribution >= 4 is 6.03 Å². The second-order valence-corrected chi connectivity index (χ2v) is 5.21. The first-order chi connectivity index (χ1) is 9.79. The summed E-state index contributed by atoms with van der Waals surface area (Å²) < 4.78 is 5.71. The van der Waals surface area contributed by atoms with Crippen molar-refractivity contribution in [1.82, 2.24) is 10.2 Å². The zero-order valence-electron chi connectivity index (χ0n) is 12.2. The number of carbonyl (C=O) groups excluding carboxylic acids is 1. The van der Waals surface area contributed by atoms with E-state index < -0.39 is 0 Å². The monoisotopic (exact) mass is 276 g/mol. The average Bonchev–Trinajstić information content (AvgIpc) is 2.86. The van der Waals surface area contributed by atoms with Crippen LogP contribution in [0.1, 0.15) is 38.2 Å². The van der Waals surface area contributed by atoms with Gasteiger partial charge in [-0.25, -0.2) is 4.79 Å². The van der Waals surface area contributed by atoms with Crippen molar-refractivity contribution in [1.29, 1.82) is 0 Å². The lowest BCUT2D eigenvalue weighted by atomic mass is 10.2. The van der Waals surface area contributed by atoms with Crippen LogP contribution in [-0.2, 0) is 6.54 Å². The predicted molar refractivity (Wildman–Crippen MR) is 79.9 cm³/mol. The molecule has 2 rings (SSSR count). The molecule has 1 N–H and O–H groups in total. The van der Waals surface area contributed by atoms with Crippen molar-refractivity contribution in [2.24, 2.45) is 0 Å². The Bertz CT molecular complexity index is 417. The van der Waals surface area contributed by atoms with Gasteiger partial charge >= 0.3 is 6.03 Å². The lowest BCUT2D eigenvalue weighted by Crippen LogP contribution is -2.27. The van der Waals surface area contributed by atoms with E-state index in [1.807, 2.05) is 29.2 Å². The highest BCUT2D eigenvalue weighted by Gasteiger charge is 2.18. The molecule has 0 unspecified atom stereocenters. The van der Waals surface area contributed by atoms with Gasteiger partial charge in [-0.3, -0.25) is 0 Å². The number of benzene rings is 1. The molecular weight excluding hydrogens is 252 g/mol. The Morgan fingerprint density at radius 1 is 1.20 bits per heavy atom. The molecule has 1 aromatic rings. The number of rotatable bonds is 8. The molecule has 0 aromatic heterocycles. The Hall–Kier alpha value is -1.71. The fraction of sp³-hybridized carbons (Fsp3) is 0.562. The highest BCUT2D eigenvalue weighted by atomic mass is 16.5. The molecule has 4 nitrogen and oxygen atoms in total. The Morgan fingerprint density at radius 3 is 2.65 bits per heavy atom. The molecule has 0 saturated carbocycles. The third-order valence-electron chi connectivity index (χ3n) is 3.51. The number of carbonyl (C=O) groups is 1. The van der Waals surface area contributed by atoms with Gasteiger partial charge in [0, 0.05) is 19.6 Å². The number of amides is 2. The SMILES string of the molecule is CCCCCCOc1ccc(CN2CCNC2=O)cc1. The van der Waals surface area contributed by atoms with Crippen LogP contribution in [0, 0.1) is 0 Å². The van der Waals surface area contributed by atoms with E-state index in [0.29, 0.717) is 6.54 Å². The number of nitrogens with zero attached hydrogens (tertiary/aromatic N) is 1. The average molecular weight is 276 g/mol. The van der Waals surface area contributed by atoms with Gasteiger partial charge in [0.25, 0.3) is 0 Å². The van der Waals surface area contributed by atoms with Crippen LogP contribution in [0.3, 0.4) is 0 Å². The summed E-state index contributed by atoms with van der Waals surface area (Å²) in [6.45, 7) is 5.20. The summed E-state index contributed by atoms with van der Waals surface area (Å²) in [7, 11) is 0. The standard InChI is InChI=1S/C16H24N2O2/c1-2-3-4-5-12-20-15-8-6-14(7-9-15)13-18-11-10-17-16(18)19/h6-9H,2-5,10-13H2,1H3,(H,17,19). The molecule has 0 radical (unpaired) electrons. The third-order valence-corrected chi connectivity index (χ3v) is 3.51. The molecule has 0 aliphatic carbocycles. The maximum atomic E-state index is 11.5. The van der Waals surface area contributed by atoms with Crippen molar-refractivity contribution in [3.05, 3.63) is 29.8 Å². The van der Waals surface area contributed by atoms with Gasteiger partial charge in [-0.1, -0.05) is 38.3 Å². The summed E-state index contributed by atoms with van der Waals surface area (Å²) >= 11 is 0. The lowest BCUT2D eigenvalue weighted by molar-refractivity contribution is 0.215. The van der Waals surface area contributed by atoms with Gasteiger partial charge in [0.15, 0.2) is 0 Å². The summed E-state index contributed by atoms with van der Waals surface area (Å²) in [6.07, 6.45) is 4.88. The highest BCUT2D eigenvalue weighted by Crippen LogP contribution is 2.15. The van der Waals surface area contributed by atoms with Crippen molar-refractivity contribution in [3.8, 4) is 5.75 Å². The van der Waals surface area contributed by atoms with Gasteiger partial charge in [0.2, 0.25) is 0 Å². The van der Waals surface area contributed by atoms with Gasteiger partial charge in [-0.05, 0) is 24.1 Å². The summed E-state index contributed by atoms with van der Waals surface area (Å²) in [5.74, 6) is 0.913. The molecular formula is C16H24N2O2. The van der Waals surface area contributed by atoms with E-state index in [9.17, 15) is 4.79 Å². The normalized spacial score (nSPS) is 14.4. The minimum Gasteiger partial charge on any atom is -0.494 e. The van der Waals surface area contributed by atoms with E-state index >= 15 is 0 Å². The van der Waals surface area contributed by atoms with Gasteiger partial charge < -0.3 is 15.0 Å². The van der Waals surface area contributed by atoms with Crippen LogP contribution in [-0.4, -0.2) is 30.6 Å². The van der Waals surface area contributed by atoms with Crippen LogP contribution >= 0.6 is 0 Å². The molecule has 4 heteroatoms. The Kier molecular flexibility index (Phi) is 5.71. The summed E-state index contributed by atoms with van der Waals surface area (Å²) in [5, 5.41) is 2.81. The molecule has 0 bridgehead atoms. The number of hydrogen-bond donors (Lipinski definition) is 1. The molecule has 1 fully saturated rings. The van der Waals surface area contributed by atoms with E-state index in [0.717, 1.165) is 37.4 Å². The molecule has 0 atom stereocenters. The quantitative estimate of drug-likeness (QED) is 0.741. The third kappa shape index (κ3) is 4.44. The topological polar surface area (TPSA) is 41.6 Å². The molecule has 2 amide bonds. The Morgan fingerprint density at radius 2 is 2.00 bits per heavy atom. The van der Waals surface area contributed by atoms with Crippen molar-refractivity contribution in [2.45, 2.75) is 39.2 Å². The van der Waals surface area contributed by atoms with Gasteiger partial charge in [-0.2, -0.15) is 0 Å². The van der Waals surface area contributed by atoms with Crippen molar-refractivity contribution in [2.75, 3.05) is 19.7 Å².